The lowest BCUT2D eigenvalue weighted by atomic mass is 10.2. The second kappa shape index (κ2) is 6.11. The van der Waals surface area contributed by atoms with Gasteiger partial charge in [0.05, 0.1) is 0 Å². The highest BCUT2D eigenvalue weighted by Gasteiger charge is 2.13. The SMILES string of the molecule is CCCN=CC(C)N1CCNCC1. The Bertz CT molecular complexity index is 150. The van der Waals surface area contributed by atoms with E-state index in [1.807, 2.05) is 0 Å². The molecule has 0 aromatic carbocycles. The second-order valence-corrected chi connectivity index (χ2v) is 3.58. The maximum Gasteiger partial charge on any atom is 0.0419 e. The summed E-state index contributed by atoms with van der Waals surface area (Å²) in [6.45, 7) is 9.89. The van der Waals surface area contributed by atoms with E-state index in [0.29, 0.717) is 6.04 Å². The largest absolute Gasteiger partial charge is 0.314 e. The Morgan fingerprint density at radius 1 is 1.46 bits per heavy atom. The number of aliphatic imine (C=N–C) groups is 1. The molecule has 1 saturated heterocycles. The van der Waals surface area contributed by atoms with E-state index in [1.54, 1.807) is 0 Å². The van der Waals surface area contributed by atoms with Crippen LogP contribution in [0.25, 0.3) is 0 Å². The van der Waals surface area contributed by atoms with Crippen LogP contribution in [0.15, 0.2) is 4.99 Å². The number of nitrogens with zero attached hydrogens (tertiary/aromatic N) is 2. The average Bonchev–Trinajstić information content (AvgIpc) is 2.19. The summed E-state index contributed by atoms with van der Waals surface area (Å²) in [6.07, 6.45) is 3.24. The van der Waals surface area contributed by atoms with Gasteiger partial charge in [-0.15, -0.1) is 0 Å². The molecule has 1 heterocycles. The van der Waals surface area contributed by atoms with Crippen molar-refractivity contribution >= 4 is 6.21 Å². The van der Waals surface area contributed by atoms with Crippen LogP contribution < -0.4 is 5.32 Å². The standard InChI is InChI=1S/C10H21N3/c1-3-4-12-9-10(2)13-7-5-11-6-8-13/h9-11H,3-8H2,1-2H3. The summed E-state index contributed by atoms with van der Waals surface area (Å²) in [5.74, 6) is 0. The molecule has 0 bridgehead atoms. The maximum absolute atomic E-state index is 4.38. The van der Waals surface area contributed by atoms with Crippen molar-refractivity contribution in [3.05, 3.63) is 0 Å². The molecule has 1 N–H and O–H groups in total. The molecule has 13 heavy (non-hydrogen) atoms. The Balaban J connectivity index is 2.24. The van der Waals surface area contributed by atoms with Gasteiger partial charge in [0, 0.05) is 45.0 Å². The normalized spacial score (nSPS) is 22.3. The van der Waals surface area contributed by atoms with Crippen molar-refractivity contribution in [3.63, 3.8) is 0 Å². The van der Waals surface area contributed by atoms with E-state index >= 15 is 0 Å². The van der Waals surface area contributed by atoms with E-state index in [4.69, 9.17) is 0 Å². The first-order chi connectivity index (χ1) is 6.34. The number of rotatable bonds is 4. The van der Waals surface area contributed by atoms with Gasteiger partial charge in [-0.25, -0.2) is 0 Å². The molecule has 1 aliphatic rings. The monoisotopic (exact) mass is 183 g/mol. The number of hydrogen-bond donors (Lipinski definition) is 1. The van der Waals surface area contributed by atoms with Crippen LogP contribution in [0.1, 0.15) is 20.3 Å². The highest BCUT2D eigenvalue weighted by atomic mass is 15.2. The summed E-state index contributed by atoms with van der Waals surface area (Å²) in [7, 11) is 0. The molecule has 0 spiro atoms. The fourth-order valence-electron chi connectivity index (χ4n) is 1.54. The summed E-state index contributed by atoms with van der Waals surface area (Å²) in [6, 6.07) is 0.508. The zero-order chi connectivity index (χ0) is 9.52. The molecule has 1 atom stereocenters. The smallest absolute Gasteiger partial charge is 0.0419 e. The van der Waals surface area contributed by atoms with Crippen LogP contribution in [0.3, 0.4) is 0 Å². The van der Waals surface area contributed by atoms with Gasteiger partial charge in [0.25, 0.3) is 0 Å². The van der Waals surface area contributed by atoms with Crippen LogP contribution in [0.5, 0.6) is 0 Å². The Morgan fingerprint density at radius 3 is 2.77 bits per heavy atom. The van der Waals surface area contributed by atoms with Gasteiger partial charge in [-0.2, -0.15) is 0 Å². The fourth-order valence-corrected chi connectivity index (χ4v) is 1.54. The molecular weight excluding hydrogens is 162 g/mol. The van der Waals surface area contributed by atoms with Crippen molar-refractivity contribution in [3.8, 4) is 0 Å². The van der Waals surface area contributed by atoms with Crippen molar-refractivity contribution in [1.82, 2.24) is 10.2 Å². The van der Waals surface area contributed by atoms with Gasteiger partial charge in [-0.3, -0.25) is 9.89 Å². The van der Waals surface area contributed by atoms with Gasteiger partial charge in [-0.05, 0) is 13.3 Å². The van der Waals surface area contributed by atoms with Crippen LogP contribution in [0.4, 0.5) is 0 Å². The van der Waals surface area contributed by atoms with Crippen molar-refractivity contribution in [2.45, 2.75) is 26.3 Å². The molecule has 1 unspecified atom stereocenters. The highest BCUT2D eigenvalue weighted by molar-refractivity contribution is 5.63. The molecule has 0 aliphatic carbocycles. The van der Waals surface area contributed by atoms with E-state index in [2.05, 4.69) is 35.3 Å². The number of nitrogens with one attached hydrogen (secondary N) is 1. The van der Waals surface area contributed by atoms with Crippen molar-refractivity contribution in [2.24, 2.45) is 4.99 Å². The third-order valence-corrected chi connectivity index (χ3v) is 2.40. The molecule has 1 fully saturated rings. The molecule has 0 aromatic rings. The topological polar surface area (TPSA) is 27.6 Å². The Morgan fingerprint density at radius 2 is 2.15 bits per heavy atom. The van der Waals surface area contributed by atoms with E-state index in [1.165, 1.54) is 0 Å². The minimum Gasteiger partial charge on any atom is -0.314 e. The summed E-state index contributed by atoms with van der Waals surface area (Å²) in [4.78, 5) is 6.85. The maximum atomic E-state index is 4.38. The Kier molecular flexibility index (Phi) is 5.01. The molecule has 0 aromatic heterocycles. The first-order valence-electron chi connectivity index (χ1n) is 5.29. The minimum absolute atomic E-state index is 0.508. The Labute approximate surface area is 81.2 Å². The number of hydrogen-bond acceptors (Lipinski definition) is 3. The van der Waals surface area contributed by atoms with Crippen LogP contribution in [0, 0.1) is 0 Å². The van der Waals surface area contributed by atoms with Crippen LogP contribution in [-0.2, 0) is 0 Å². The van der Waals surface area contributed by atoms with Gasteiger partial charge in [0.15, 0.2) is 0 Å². The minimum atomic E-state index is 0.508. The summed E-state index contributed by atoms with van der Waals surface area (Å²) in [5, 5.41) is 3.35. The average molecular weight is 183 g/mol. The molecule has 1 rings (SSSR count). The lowest BCUT2D eigenvalue weighted by Gasteiger charge is -2.30. The first kappa shape index (κ1) is 10.7. The molecular formula is C10H21N3. The predicted molar refractivity (Wildman–Crippen MR) is 57.6 cm³/mol. The van der Waals surface area contributed by atoms with E-state index in [9.17, 15) is 0 Å². The summed E-state index contributed by atoms with van der Waals surface area (Å²) < 4.78 is 0. The third-order valence-electron chi connectivity index (χ3n) is 2.40. The van der Waals surface area contributed by atoms with Crippen molar-refractivity contribution < 1.29 is 0 Å². The van der Waals surface area contributed by atoms with Crippen LogP contribution >= 0.6 is 0 Å². The molecule has 0 radical (unpaired) electrons. The van der Waals surface area contributed by atoms with Gasteiger partial charge in [-0.1, -0.05) is 6.92 Å². The molecule has 76 valence electrons. The number of piperazine rings is 1. The summed E-state index contributed by atoms with van der Waals surface area (Å²) in [5.41, 5.74) is 0. The van der Waals surface area contributed by atoms with Gasteiger partial charge >= 0.3 is 0 Å². The summed E-state index contributed by atoms with van der Waals surface area (Å²) >= 11 is 0. The third kappa shape index (κ3) is 3.87. The van der Waals surface area contributed by atoms with E-state index in [0.717, 1.165) is 39.1 Å². The Hall–Kier alpha value is -0.410. The zero-order valence-corrected chi connectivity index (χ0v) is 8.79. The quantitative estimate of drug-likeness (QED) is 0.652. The van der Waals surface area contributed by atoms with Gasteiger partial charge < -0.3 is 5.32 Å². The lowest BCUT2D eigenvalue weighted by Crippen LogP contribution is -2.48. The van der Waals surface area contributed by atoms with Crippen molar-refractivity contribution in [2.75, 3.05) is 32.7 Å². The highest BCUT2D eigenvalue weighted by Crippen LogP contribution is 1.98. The lowest BCUT2D eigenvalue weighted by molar-refractivity contribution is 0.225. The van der Waals surface area contributed by atoms with Crippen molar-refractivity contribution in [1.29, 1.82) is 0 Å². The fraction of sp³-hybridized carbons (Fsp3) is 0.900. The second-order valence-electron chi connectivity index (χ2n) is 3.58. The van der Waals surface area contributed by atoms with Crippen LogP contribution in [-0.4, -0.2) is 49.9 Å². The van der Waals surface area contributed by atoms with E-state index < -0.39 is 0 Å². The molecule has 3 heteroatoms. The van der Waals surface area contributed by atoms with Crippen LogP contribution in [0.2, 0.25) is 0 Å². The zero-order valence-electron chi connectivity index (χ0n) is 8.79. The van der Waals surface area contributed by atoms with Gasteiger partial charge in [0.2, 0.25) is 0 Å². The molecule has 0 amide bonds. The molecule has 0 saturated carbocycles. The van der Waals surface area contributed by atoms with E-state index in [-0.39, 0.29) is 0 Å². The first-order valence-corrected chi connectivity index (χ1v) is 5.29. The molecule has 3 nitrogen and oxygen atoms in total. The predicted octanol–water partition coefficient (Wildman–Crippen LogP) is 0.761. The van der Waals surface area contributed by atoms with Gasteiger partial charge in [0.1, 0.15) is 0 Å². The molecule has 1 aliphatic heterocycles.